The minimum Gasteiger partial charge on any atom is -0.277 e. The van der Waals surface area contributed by atoms with Crippen LogP contribution in [-0.2, 0) is 10.0 Å². The minimum absolute atomic E-state index is 0.201. The zero-order valence-corrected chi connectivity index (χ0v) is 14.6. The lowest BCUT2D eigenvalue weighted by atomic mass is 10.1. The number of aromatic nitrogens is 2. The van der Waals surface area contributed by atoms with Gasteiger partial charge in [-0.05, 0) is 35.4 Å². The van der Waals surface area contributed by atoms with Crippen LogP contribution in [0.25, 0.3) is 22.2 Å². The Morgan fingerprint density at radius 3 is 2.24 bits per heavy atom. The maximum Gasteiger partial charge on any atom is 0.261 e. The highest BCUT2D eigenvalue weighted by Gasteiger charge is 2.16. The first-order valence-electron chi connectivity index (χ1n) is 7.53. The largest absolute Gasteiger partial charge is 0.277 e. The molecule has 0 unspecified atom stereocenters. The van der Waals surface area contributed by atoms with Crippen molar-refractivity contribution in [2.24, 2.45) is 0 Å². The van der Waals surface area contributed by atoms with E-state index in [-0.39, 0.29) is 4.90 Å². The molecule has 4 aromatic rings. The van der Waals surface area contributed by atoms with Crippen LogP contribution < -0.4 is 4.72 Å². The second kappa shape index (κ2) is 6.27. The van der Waals surface area contributed by atoms with Crippen molar-refractivity contribution in [3.63, 3.8) is 0 Å². The Kier molecular flexibility index (Phi) is 3.95. The first-order chi connectivity index (χ1) is 12.1. The summed E-state index contributed by atoms with van der Waals surface area (Å²) in [5.74, 6) is 0. The van der Waals surface area contributed by atoms with Crippen molar-refractivity contribution in [1.82, 2.24) is 8.75 Å². The summed E-state index contributed by atoms with van der Waals surface area (Å²) in [6.45, 7) is 0. The molecular formula is C18H13N3O2S2. The fourth-order valence-electron chi connectivity index (χ4n) is 2.55. The highest BCUT2D eigenvalue weighted by atomic mass is 32.2. The third-order valence-corrected chi connectivity index (χ3v) is 5.73. The molecule has 0 radical (unpaired) electrons. The average molecular weight is 367 g/mol. The van der Waals surface area contributed by atoms with Gasteiger partial charge in [0.2, 0.25) is 0 Å². The second-order valence-corrected chi connectivity index (χ2v) is 7.64. The van der Waals surface area contributed by atoms with Gasteiger partial charge in [-0.1, -0.05) is 48.5 Å². The first kappa shape index (κ1) is 15.7. The van der Waals surface area contributed by atoms with E-state index in [2.05, 4.69) is 13.5 Å². The van der Waals surface area contributed by atoms with E-state index in [9.17, 15) is 8.42 Å². The molecule has 0 atom stereocenters. The zero-order chi connectivity index (χ0) is 17.3. The van der Waals surface area contributed by atoms with Crippen molar-refractivity contribution in [2.75, 3.05) is 4.72 Å². The Morgan fingerprint density at radius 1 is 0.760 bits per heavy atom. The molecule has 0 aliphatic rings. The molecule has 0 bridgehead atoms. The van der Waals surface area contributed by atoms with Crippen molar-refractivity contribution in [3.05, 3.63) is 72.8 Å². The standard InChI is InChI=1S/C18H13N3O2S2/c22-25(23,21-17-8-4-7-16-18(17)20-24-19-16)15-11-9-14(10-12-15)13-5-2-1-3-6-13/h1-12,21H. The summed E-state index contributed by atoms with van der Waals surface area (Å²) >= 11 is 1.05. The summed E-state index contributed by atoms with van der Waals surface area (Å²) in [5, 5.41) is 0. The minimum atomic E-state index is -3.69. The number of fused-ring (bicyclic) bond motifs is 1. The summed E-state index contributed by atoms with van der Waals surface area (Å²) in [4.78, 5) is 0.201. The molecule has 7 heteroatoms. The van der Waals surface area contributed by atoms with E-state index in [4.69, 9.17) is 0 Å². The summed E-state index contributed by atoms with van der Waals surface area (Å²) in [7, 11) is -3.69. The maximum absolute atomic E-state index is 12.7. The molecule has 124 valence electrons. The van der Waals surface area contributed by atoms with Crippen molar-refractivity contribution in [2.45, 2.75) is 4.90 Å². The fraction of sp³-hybridized carbons (Fsp3) is 0. The fourth-order valence-corrected chi connectivity index (χ4v) is 4.17. The van der Waals surface area contributed by atoms with Gasteiger partial charge in [0.25, 0.3) is 10.0 Å². The van der Waals surface area contributed by atoms with Gasteiger partial charge in [-0.15, -0.1) is 0 Å². The van der Waals surface area contributed by atoms with E-state index >= 15 is 0 Å². The van der Waals surface area contributed by atoms with Gasteiger partial charge in [0, 0.05) is 0 Å². The zero-order valence-electron chi connectivity index (χ0n) is 13.0. The van der Waals surface area contributed by atoms with Crippen LogP contribution in [0.1, 0.15) is 0 Å². The van der Waals surface area contributed by atoms with Crippen molar-refractivity contribution in [3.8, 4) is 11.1 Å². The number of anilines is 1. The van der Waals surface area contributed by atoms with Gasteiger partial charge in [-0.3, -0.25) is 4.72 Å². The number of benzene rings is 3. The highest BCUT2D eigenvalue weighted by molar-refractivity contribution is 7.92. The molecule has 0 saturated carbocycles. The smallest absolute Gasteiger partial charge is 0.261 e. The van der Waals surface area contributed by atoms with E-state index in [1.54, 1.807) is 42.5 Å². The summed E-state index contributed by atoms with van der Waals surface area (Å²) in [6, 6.07) is 21.8. The lowest BCUT2D eigenvalue weighted by Gasteiger charge is -2.09. The molecule has 1 N–H and O–H groups in total. The van der Waals surface area contributed by atoms with E-state index in [1.165, 1.54) is 0 Å². The van der Waals surface area contributed by atoms with Crippen LogP contribution in [0, 0.1) is 0 Å². The maximum atomic E-state index is 12.7. The van der Waals surface area contributed by atoms with Crippen LogP contribution in [0.5, 0.6) is 0 Å². The van der Waals surface area contributed by atoms with Crippen LogP contribution in [0.2, 0.25) is 0 Å². The van der Waals surface area contributed by atoms with Crippen LogP contribution in [-0.4, -0.2) is 17.2 Å². The van der Waals surface area contributed by atoms with Crippen LogP contribution in [0.4, 0.5) is 5.69 Å². The lowest BCUT2D eigenvalue weighted by molar-refractivity contribution is 0.601. The Bertz CT molecular complexity index is 1120. The molecule has 0 spiro atoms. The van der Waals surface area contributed by atoms with Crippen LogP contribution >= 0.6 is 11.7 Å². The molecule has 0 saturated heterocycles. The van der Waals surface area contributed by atoms with Crippen molar-refractivity contribution < 1.29 is 8.42 Å². The molecule has 1 aromatic heterocycles. The third-order valence-electron chi connectivity index (χ3n) is 3.80. The molecule has 4 rings (SSSR count). The molecule has 0 aliphatic carbocycles. The quantitative estimate of drug-likeness (QED) is 0.588. The molecule has 3 aromatic carbocycles. The van der Waals surface area contributed by atoms with Gasteiger partial charge < -0.3 is 0 Å². The number of sulfonamides is 1. The molecular weight excluding hydrogens is 354 g/mol. The molecule has 0 fully saturated rings. The predicted molar refractivity (Wildman–Crippen MR) is 100 cm³/mol. The molecule has 0 amide bonds. The van der Waals surface area contributed by atoms with Gasteiger partial charge >= 0.3 is 0 Å². The van der Waals surface area contributed by atoms with Gasteiger partial charge in [0.1, 0.15) is 11.0 Å². The lowest BCUT2D eigenvalue weighted by Crippen LogP contribution is -2.13. The monoisotopic (exact) mass is 367 g/mol. The Balaban J connectivity index is 1.65. The number of hydrogen-bond acceptors (Lipinski definition) is 5. The third kappa shape index (κ3) is 3.11. The average Bonchev–Trinajstić information content (AvgIpc) is 3.12. The number of nitrogens with zero attached hydrogens (tertiary/aromatic N) is 2. The van der Waals surface area contributed by atoms with E-state index in [0.717, 1.165) is 22.9 Å². The van der Waals surface area contributed by atoms with Crippen molar-refractivity contribution in [1.29, 1.82) is 0 Å². The number of rotatable bonds is 4. The Morgan fingerprint density at radius 2 is 1.48 bits per heavy atom. The van der Waals surface area contributed by atoms with E-state index < -0.39 is 10.0 Å². The first-order valence-corrected chi connectivity index (χ1v) is 9.74. The number of hydrogen-bond donors (Lipinski definition) is 1. The normalized spacial score (nSPS) is 11.5. The van der Waals surface area contributed by atoms with Gasteiger partial charge in [-0.2, -0.15) is 8.75 Å². The Hall–Kier alpha value is -2.77. The van der Waals surface area contributed by atoms with Crippen LogP contribution in [0.3, 0.4) is 0 Å². The van der Waals surface area contributed by atoms with Crippen molar-refractivity contribution >= 4 is 38.5 Å². The number of nitrogens with one attached hydrogen (secondary N) is 1. The second-order valence-electron chi connectivity index (χ2n) is 5.43. The molecule has 25 heavy (non-hydrogen) atoms. The van der Waals surface area contributed by atoms with Gasteiger partial charge in [-0.25, -0.2) is 8.42 Å². The van der Waals surface area contributed by atoms with E-state index in [1.807, 2.05) is 30.3 Å². The summed E-state index contributed by atoms with van der Waals surface area (Å²) in [5.41, 5.74) is 3.66. The predicted octanol–water partition coefficient (Wildman–Crippen LogP) is 4.16. The summed E-state index contributed by atoms with van der Waals surface area (Å²) < 4.78 is 36.2. The SMILES string of the molecule is O=S(=O)(Nc1cccc2nsnc12)c1ccc(-c2ccccc2)cc1. The highest BCUT2D eigenvalue weighted by Crippen LogP contribution is 2.25. The van der Waals surface area contributed by atoms with Gasteiger partial charge in [0.15, 0.2) is 0 Å². The van der Waals surface area contributed by atoms with Crippen LogP contribution in [0.15, 0.2) is 77.7 Å². The molecule has 1 heterocycles. The topological polar surface area (TPSA) is 72.0 Å². The molecule has 5 nitrogen and oxygen atoms in total. The van der Waals surface area contributed by atoms with E-state index in [0.29, 0.717) is 16.7 Å². The van der Waals surface area contributed by atoms with Gasteiger partial charge in [0.05, 0.1) is 22.3 Å². The summed E-state index contributed by atoms with van der Waals surface area (Å²) in [6.07, 6.45) is 0. The molecule has 0 aliphatic heterocycles. The Labute approximate surface area is 149 Å².